The second-order valence-electron chi connectivity index (χ2n) is 6.03. The number of nitrogens with one attached hydrogen (secondary N) is 2. The molecule has 2 N–H and O–H groups in total. The summed E-state index contributed by atoms with van der Waals surface area (Å²) in [5.41, 5.74) is 0.0263. The van der Waals surface area contributed by atoms with Crippen molar-refractivity contribution in [2.75, 3.05) is 46.4 Å². The number of piperidine rings is 1. The van der Waals surface area contributed by atoms with Crippen LogP contribution in [0.2, 0.25) is 0 Å². The Bertz CT molecular complexity index is 345. The molecule has 6 heteroatoms. The number of carbonyl (C=O) groups excluding carboxylic acids is 2. The van der Waals surface area contributed by atoms with Crippen LogP contribution in [0.15, 0.2) is 0 Å². The first-order valence-corrected chi connectivity index (χ1v) is 8.31. The largest absolute Gasteiger partial charge is 0.384 e. The predicted octanol–water partition coefficient (Wildman–Crippen LogP) is 0.767. The minimum Gasteiger partial charge on any atom is -0.384 e. The lowest BCUT2D eigenvalue weighted by Gasteiger charge is -2.37. The van der Waals surface area contributed by atoms with Crippen molar-refractivity contribution in [3.05, 3.63) is 0 Å². The summed E-state index contributed by atoms with van der Waals surface area (Å²) in [7, 11) is 1.70. The molecule has 128 valence electrons. The number of methoxy groups -OCH3 is 1. The normalized spacial score (nSPS) is 17.0. The van der Waals surface area contributed by atoms with Crippen molar-refractivity contribution in [3.63, 3.8) is 0 Å². The van der Waals surface area contributed by atoms with Crippen LogP contribution in [0.25, 0.3) is 0 Å². The standard InChI is InChI=1S/C16H31N3O3/c1-4-19(5-2)15(21)7-6-14(20)18-12-16(13-22-3)8-10-17-11-9-16/h17H,4-13H2,1-3H3,(H,18,20). The van der Waals surface area contributed by atoms with Crippen LogP contribution < -0.4 is 10.6 Å². The van der Waals surface area contributed by atoms with Crippen LogP contribution in [0.1, 0.15) is 39.5 Å². The summed E-state index contributed by atoms with van der Waals surface area (Å²) in [4.78, 5) is 25.7. The fourth-order valence-electron chi connectivity index (χ4n) is 2.96. The van der Waals surface area contributed by atoms with Crippen molar-refractivity contribution in [1.29, 1.82) is 0 Å². The maximum atomic E-state index is 12.0. The monoisotopic (exact) mass is 313 g/mol. The molecule has 0 aromatic heterocycles. The number of amides is 2. The molecule has 22 heavy (non-hydrogen) atoms. The van der Waals surface area contributed by atoms with Crippen LogP contribution >= 0.6 is 0 Å². The molecule has 0 bridgehead atoms. The van der Waals surface area contributed by atoms with E-state index in [4.69, 9.17) is 4.74 Å². The highest BCUT2D eigenvalue weighted by Crippen LogP contribution is 2.28. The molecule has 1 rings (SSSR count). The quantitative estimate of drug-likeness (QED) is 0.659. The molecule has 1 fully saturated rings. The van der Waals surface area contributed by atoms with E-state index >= 15 is 0 Å². The molecule has 1 heterocycles. The molecule has 1 saturated heterocycles. The summed E-state index contributed by atoms with van der Waals surface area (Å²) < 4.78 is 5.34. The Morgan fingerprint density at radius 3 is 2.36 bits per heavy atom. The molecule has 2 amide bonds. The molecule has 0 spiro atoms. The van der Waals surface area contributed by atoms with Gasteiger partial charge in [-0.2, -0.15) is 0 Å². The summed E-state index contributed by atoms with van der Waals surface area (Å²) in [5.74, 6) is 0.00291. The highest BCUT2D eigenvalue weighted by molar-refractivity contribution is 5.83. The minimum atomic E-state index is -0.0467. The average Bonchev–Trinajstić information content (AvgIpc) is 2.53. The van der Waals surface area contributed by atoms with Crippen molar-refractivity contribution in [3.8, 4) is 0 Å². The highest BCUT2D eigenvalue weighted by atomic mass is 16.5. The molecule has 0 aromatic rings. The van der Waals surface area contributed by atoms with Gasteiger partial charge in [-0.15, -0.1) is 0 Å². The summed E-state index contributed by atoms with van der Waals surface area (Å²) in [6.45, 7) is 8.50. The lowest BCUT2D eigenvalue weighted by Crippen LogP contribution is -2.47. The third kappa shape index (κ3) is 5.93. The molecule has 6 nitrogen and oxygen atoms in total. The molecule has 0 saturated carbocycles. The number of nitrogens with zero attached hydrogens (tertiary/aromatic N) is 1. The third-order valence-corrected chi connectivity index (χ3v) is 4.46. The number of hydrogen-bond acceptors (Lipinski definition) is 4. The van der Waals surface area contributed by atoms with Crippen LogP contribution in [-0.4, -0.2) is 63.2 Å². The molecule has 0 atom stereocenters. The van der Waals surface area contributed by atoms with Crippen LogP contribution in [0.4, 0.5) is 0 Å². The number of hydrogen-bond donors (Lipinski definition) is 2. The molecule has 0 unspecified atom stereocenters. The van der Waals surface area contributed by atoms with E-state index in [-0.39, 0.29) is 30.1 Å². The van der Waals surface area contributed by atoms with E-state index in [9.17, 15) is 9.59 Å². The van der Waals surface area contributed by atoms with Gasteiger partial charge in [0.15, 0.2) is 0 Å². The Morgan fingerprint density at radius 2 is 1.82 bits per heavy atom. The molecular weight excluding hydrogens is 282 g/mol. The Kier molecular flexibility index (Phi) is 8.42. The van der Waals surface area contributed by atoms with Gasteiger partial charge in [0, 0.05) is 45.0 Å². The zero-order valence-corrected chi connectivity index (χ0v) is 14.2. The van der Waals surface area contributed by atoms with Gasteiger partial charge in [0.05, 0.1) is 6.61 Å². The van der Waals surface area contributed by atoms with Gasteiger partial charge in [0.25, 0.3) is 0 Å². The Balaban J connectivity index is 2.36. The Morgan fingerprint density at radius 1 is 1.18 bits per heavy atom. The van der Waals surface area contributed by atoms with E-state index in [2.05, 4.69) is 10.6 Å². The first kappa shape index (κ1) is 18.9. The first-order chi connectivity index (χ1) is 10.6. The Labute approximate surface area is 134 Å². The molecular formula is C16H31N3O3. The van der Waals surface area contributed by atoms with Gasteiger partial charge in [0.1, 0.15) is 0 Å². The third-order valence-electron chi connectivity index (χ3n) is 4.46. The van der Waals surface area contributed by atoms with E-state index in [1.165, 1.54) is 0 Å². The number of ether oxygens (including phenoxy) is 1. The van der Waals surface area contributed by atoms with Crippen molar-refractivity contribution >= 4 is 11.8 Å². The van der Waals surface area contributed by atoms with Crippen molar-refractivity contribution in [1.82, 2.24) is 15.5 Å². The van der Waals surface area contributed by atoms with Crippen LogP contribution in [-0.2, 0) is 14.3 Å². The fraction of sp³-hybridized carbons (Fsp3) is 0.875. The van der Waals surface area contributed by atoms with Crippen molar-refractivity contribution < 1.29 is 14.3 Å². The second kappa shape index (κ2) is 9.79. The lowest BCUT2D eigenvalue weighted by atomic mass is 9.79. The zero-order valence-electron chi connectivity index (χ0n) is 14.2. The average molecular weight is 313 g/mol. The van der Waals surface area contributed by atoms with Gasteiger partial charge in [-0.05, 0) is 39.8 Å². The molecule has 0 aromatic carbocycles. The van der Waals surface area contributed by atoms with Crippen LogP contribution in [0.5, 0.6) is 0 Å². The minimum absolute atomic E-state index is 0.0263. The van der Waals surface area contributed by atoms with Crippen molar-refractivity contribution in [2.45, 2.75) is 39.5 Å². The smallest absolute Gasteiger partial charge is 0.223 e. The highest BCUT2D eigenvalue weighted by Gasteiger charge is 2.32. The summed E-state index contributed by atoms with van der Waals surface area (Å²) >= 11 is 0. The maximum Gasteiger partial charge on any atom is 0.223 e. The SMILES string of the molecule is CCN(CC)C(=O)CCC(=O)NCC1(COC)CCNCC1. The van der Waals surface area contributed by atoms with Gasteiger partial charge in [-0.1, -0.05) is 0 Å². The van der Waals surface area contributed by atoms with E-state index in [1.54, 1.807) is 12.0 Å². The van der Waals surface area contributed by atoms with Crippen LogP contribution in [0, 0.1) is 5.41 Å². The van der Waals surface area contributed by atoms with E-state index in [1.807, 2.05) is 13.8 Å². The van der Waals surface area contributed by atoms with E-state index in [0.717, 1.165) is 25.9 Å². The van der Waals surface area contributed by atoms with Gasteiger partial charge >= 0.3 is 0 Å². The van der Waals surface area contributed by atoms with Crippen molar-refractivity contribution in [2.24, 2.45) is 5.41 Å². The molecule has 0 aliphatic carbocycles. The zero-order chi connectivity index (χ0) is 16.4. The maximum absolute atomic E-state index is 12.0. The Hall–Kier alpha value is -1.14. The molecule has 0 radical (unpaired) electrons. The molecule has 1 aliphatic rings. The first-order valence-electron chi connectivity index (χ1n) is 8.31. The van der Waals surface area contributed by atoms with Gasteiger partial charge in [-0.25, -0.2) is 0 Å². The lowest BCUT2D eigenvalue weighted by molar-refractivity contribution is -0.133. The second-order valence-corrected chi connectivity index (χ2v) is 6.03. The fourth-order valence-corrected chi connectivity index (χ4v) is 2.96. The van der Waals surface area contributed by atoms with Crippen LogP contribution in [0.3, 0.4) is 0 Å². The van der Waals surface area contributed by atoms with E-state index in [0.29, 0.717) is 26.2 Å². The summed E-state index contributed by atoms with van der Waals surface area (Å²) in [6.07, 6.45) is 2.54. The molecule has 1 aliphatic heterocycles. The topological polar surface area (TPSA) is 70.7 Å². The summed E-state index contributed by atoms with van der Waals surface area (Å²) in [6, 6.07) is 0. The van der Waals surface area contributed by atoms with Gasteiger partial charge in [-0.3, -0.25) is 9.59 Å². The van der Waals surface area contributed by atoms with E-state index < -0.39 is 0 Å². The predicted molar refractivity (Wildman–Crippen MR) is 86.6 cm³/mol. The number of rotatable bonds is 9. The van der Waals surface area contributed by atoms with Gasteiger partial charge in [0.2, 0.25) is 11.8 Å². The summed E-state index contributed by atoms with van der Waals surface area (Å²) in [5, 5.41) is 6.32. The van der Waals surface area contributed by atoms with Gasteiger partial charge < -0.3 is 20.3 Å². The number of carbonyl (C=O) groups is 2.